The zero-order valence-corrected chi connectivity index (χ0v) is 24.8. The molecule has 1 aromatic heterocycles. The zero-order chi connectivity index (χ0) is 29.1. The molecule has 0 saturated carbocycles. The van der Waals surface area contributed by atoms with Gasteiger partial charge in [0.2, 0.25) is 0 Å². The van der Waals surface area contributed by atoms with Gasteiger partial charge in [0, 0.05) is 37.1 Å². The van der Waals surface area contributed by atoms with E-state index in [1.165, 1.54) is 20.3 Å². The maximum atomic E-state index is 14.9. The maximum absolute atomic E-state index is 14.9. The monoisotopic (exact) mass is 540 g/mol. The average Bonchev–Trinajstić information content (AvgIpc) is 2.95. The fourth-order valence-electron chi connectivity index (χ4n) is 4.13. The number of amides is 2. The van der Waals surface area contributed by atoms with Crippen molar-refractivity contribution in [1.82, 2.24) is 10.3 Å². The van der Waals surface area contributed by atoms with Gasteiger partial charge in [-0.05, 0) is 56.2 Å². The number of amidine groups is 1. The molecule has 214 valence electrons. The van der Waals surface area contributed by atoms with Gasteiger partial charge in [-0.25, -0.2) is 19.2 Å². The molecule has 2 heterocycles. The van der Waals surface area contributed by atoms with Crippen LogP contribution in [0.15, 0.2) is 41.0 Å². The number of hydrogen-bond acceptors (Lipinski definition) is 5. The van der Waals surface area contributed by atoms with Crippen LogP contribution in [0.25, 0.3) is 6.08 Å². The lowest BCUT2D eigenvalue weighted by atomic mass is 10.0. The highest BCUT2D eigenvalue weighted by atomic mass is 19.1. The largest absolute Gasteiger partial charge is 0.496 e. The Hall–Kier alpha value is -3.68. The fourth-order valence-corrected chi connectivity index (χ4v) is 4.13. The molecule has 0 radical (unpaired) electrons. The highest BCUT2D eigenvalue weighted by Gasteiger charge is 2.25. The summed E-state index contributed by atoms with van der Waals surface area (Å²) < 4.78 is 25.4. The second-order valence-electron chi connectivity index (χ2n) is 9.30. The quantitative estimate of drug-likeness (QED) is 0.221. The molecule has 1 aromatic carbocycles. The Kier molecular flexibility index (Phi) is 12.2. The Morgan fingerprint density at radius 2 is 1.95 bits per heavy atom. The van der Waals surface area contributed by atoms with Gasteiger partial charge in [-0.15, -0.1) is 0 Å². The molecule has 2 amide bonds. The van der Waals surface area contributed by atoms with E-state index in [2.05, 4.69) is 30.2 Å². The minimum Gasteiger partial charge on any atom is -0.496 e. The molecule has 0 atom stereocenters. The van der Waals surface area contributed by atoms with Crippen molar-refractivity contribution in [2.75, 3.05) is 25.7 Å². The van der Waals surface area contributed by atoms with Gasteiger partial charge in [-0.1, -0.05) is 52.8 Å². The molecule has 0 bridgehead atoms. The summed E-state index contributed by atoms with van der Waals surface area (Å²) in [5, 5.41) is 2.88. The van der Waals surface area contributed by atoms with Crippen molar-refractivity contribution in [2.45, 2.75) is 73.6 Å². The number of benzene rings is 1. The van der Waals surface area contributed by atoms with Crippen molar-refractivity contribution < 1.29 is 20.1 Å². The third kappa shape index (κ3) is 7.91. The molecule has 39 heavy (non-hydrogen) atoms. The van der Waals surface area contributed by atoms with Crippen molar-refractivity contribution in [3.05, 3.63) is 64.2 Å². The molecule has 0 fully saturated rings. The van der Waals surface area contributed by atoms with Crippen molar-refractivity contribution >= 4 is 23.8 Å². The number of ether oxygens (including phenoxy) is 2. The predicted octanol–water partition coefficient (Wildman–Crippen LogP) is 7.83. The SMILES string of the molecule is CC.CCC(/C=C/c1c(C)c(OC)cc(OC)c1F)=C\N=C(C)NC(=O)N1CCCc2ccc(C(C)C)nc21.[HH]. The maximum Gasteiger partial charge on any atom is 0.328 e. The second kappa shape index (κ2) is 15.0. The Labute approximate surface area is 234 Å². The van der Waals surface area contributed by atoms with Gasteiger partial charge >= 0.3 is 6.03 Å². The number of nitrogens with one attached hydrogen (secondary N) is 1. The molecular formula is C31H45FN4O3. The average molecular weight is 541 g/mol. The van der Waals surface area contributed by atoms with Crippen LogP contribution in [0.3, 0.4) is 0 Å². The summed E-state index contributed by atoms with van der Waals surface area (Å²) in [5.74, 6) is 1.68. The first-order chi connectivity index (χ1) is 18.7. The first kappa shape index (κ1) is 31.5. The van der Waals surface area contributed by atoms with Crippen LogP contribution >= 0.6 is 0 Å². The molecule has 2 aromatic rings. The summed E-state index contributed by atoms with van der Waals surface area (Å²) >= 11 is 0. The van der Waals surface area contributed by atoms with E-state index in [1.54, 1.807) is 37.1 Å². The lowest BCUT2D eigenvalue weighted by Crippen LogP contribution is -2.45. The molecule has 0 spiro atoms. The van der Waals surface area contributed by atoms with E-state index in [9.17, 15) is 9.18 Å². The van der Waals surface area contributed by atoms with Crippen LogP contribution in [0.5, 0.6) is 11.5 Å². The molecule has 1 N–H and O–H groups in total. The van der Waals surface area contributed by atoms with E-state index in [4.69, 9.17) is 14.5 Å². The van der Waals surface area contributed by atoms with Crippen LogP contribution in [0.1, 0.15) is 84.1 Å². The van der Waals surface area contributed by atoms with E-state index in [0.717, 1.165) is 35.5 Å². The van der Waals surface area contributed by atoms with Crippen LogP contribution in [-0.4, -0.2) is 37.6 Å². The lowest BCUT2D eigenvalue weighted by Gasteiger charge is -2.29. The number of aryl methyl sites for hydroxylation is 1. The van der Waals surface area contributed by atoms with E-state index in [1.807, 2.05) is 26.8 Å². The first-order valence-electron chi connectivity index (χ1n) is 13.6. The van der Waals surface area contributed by atoms with Crippen LogP contribution in [0, 0.1) is 12.7 Å². The van der Waals surface area contributed by atoms with Gasteiger partial charge in [-0.2, -0.15) is 0 Å². The van der Waals surface area contributed by atoms with Gasteiger partial charge in [0.25, 0.3) is 0 Å². The van der Waals surface area contributed by atoms with E-state index < -0.39 is 5.82 Å². The second-order valence-corrected chi connectivity index (χ2v) is 9.30. The molecule has 7 nitrogen and oxygen atoms in total. The number of allylic oxidation sites excluding steroid dienone is 2. The number of carbonyl (C=O) groups is 1. The number of carbonyl (C=O) groups excluding carboxylic acids is 1. The Bertz CT molecular complexity index is 1210. The van der Waals surface area contributed by atoms with Gasteiger partial charge in [0.15, 0.2) is 11.6 Å². The van der Waals surface area contributed by atoms with Gasteiger partial charge in [-0.3, -0.25) is 10.2 Å². The van der Waals surface area contributed by atoms with Crippen LogP contribution < -0.4 is 19.7 Å². The molecule has 0 aliphatic carbocycles. The Balaban J connectivity index is 0.00000261. The number of aliphatic imine (C=N–C) groups is 1. The van der Waals surface area contributed by atoms with Crippen molar-refractivity contribution in [3.63, 3.8) is 0 Å². The number of fused-ring (bicyclic) bond motifs is 1. The van der Waals surface area contributed by atoms with Crippen LogP contribution in [0.4, 0.5) is 15.0 Å². The standard InChI is InChI=1S/C29H37FN4O3.C2H6.H2/c1-8-21(11-13-23-19(4)25(36-6)16-26(37-7)27(23)30)17-31-20(5)32-29(35)34-15-9-10-22-12-14-24(18(2)3)33-28(22)34;1-2;/h11-14,16-18H,8-10,15H2,1-7H3,(H,31,32,35);1-2H3;1H/b13-11+,21-17+;;. The van der Waals surface area contributed by atoms with Crippen molar-refractivity contribution in [3.8, 4) is 11.5 Å². The molecule has 0 saturated heterocycles. The Morgan fingerprint density at radius 1 is 1.26 bits per heavy atom. The molecule has 0 unspecified atom stereocenters. The topological polar surface area (TPSA) is 76.1 Å². The molecule has 1 aliphatic heterocycles. The Morgan fingerprint density at radius 3 is 2.56 bits per heavy atom. The summed E-state index contributed by atoms with van der Waals surface area (Å²) in [6.45, 7) is 14.3. The summed E-state index contributed by atoms with van der Waals surface area (Å²) in [7, 11) is 2.96. The highest BCUT2D eigenvalue weighted by Crippen LogP contribution is 2.33. The van der Waals surface area contributed by atoms with Crippen LogP contribution in [0.2, 0.25) is 0 Å². The number of anilines is 1. The number of urea groups is 1. The fraction of sp³-hybridized carbons (Fsp3) is 0.452. The first-order valence-corrected chi connectivity index (χ1v) is 13.6. The number of rotatable bonds is 7. The number of halogens is 1. The van der Waals surface area contributed by atoms with E-state index in [-0.39, 0.29) is 19.1 Å². The molecule has 1 aliphatic rings. The minimum atomic E-state index is -0.449. The highest BCUT2D eigenvalue weighted by molar-refractivity contribution is 6.04. The number of pyridine rings is 1. The molecule has 3 rings (SSSR count). The van der Waals surface area contributed by atoms with Gasteiger partial charge < -0.3 is 9.47 Å². The third-order valence-corrected chi connectivity index (χ3v) is 6.41. The zero-order valence-electron chi connectivity index (χ0n) is 24.8. The third-order valence-electron chi connectivity index (χ3n) is 6.41. The van der Waals surface area contributed by atoms with Gasteiger partial charge in [0.05, 0.1) is 14.2 Å². The normalized spacial score (nSPS) is 13.7. The summed E-state index contributed by atoms with van der Waals surface area (Å²) in [5.41, 5.74) is 3.97. The number of methoxy groups -OCH3 is 2. The summed E-state index contributed by atoms with van der Waals surface area (Å²) in [6.07, 6.45) is 7.64. The molecule has 8 heteroatoms. The summed E-state index contributed by atoms with van der Waals surface area (Å²) in [6, 6.07) is 5.40. The molecular weight excluding hydrogens is 495 g/mol. The number of hydrogen-bond donors (Lipinski definition) is 1. The van der Waals surface area contributed by atoms with E-state index in [0.29, 0.717) is 35.7 Å². The number of aromatic nitrogens is 1. The lowest BCUT2D eigenvalue weighted by molar-refractivity contribution is 0.249. The minimum absolute atomic E-state index is 0. The van der Waals surface area contributed by atoms with Gasteiger partial charge in [0.1, 0.15) is 17.4 Å². The van der Waals surface area contributed by atoms with Crippen molar-refractivity contribution in [2.24, 2.45) is 4.99 Å². The van der Waals surface area contributed by atoms with Crippen LogP contribution in [-0.2, 0) is 6.42 Å². The number of nitrogens with zero attached hydrogens (tertiary/aromatic N) is 3. The van der Waals surface area contributed by atoms with E-state index >= 15 is 0 Å². The predicted molar refractivity (Wildman–Crippen MR) is 161 cm³/mol. The van der Waals surface area contributed by atoms with Crippen molar-refractivity contribution in [1.29, 1.82) is 0 Å². The summed E-state index contributed by atoms with van der Waals surface area (Å²) in [4.78, 5) is 24.0. The smallest absolute Gasteiger partial charge is 0.328 e.